The van der Waals surface area contributed by atoms with Gasteiger partial charge in [0.15, 0.2) is 6.29 Å². The fourth-order valence-electron chi connectivity index (χ4n) is 7.23. The first-order valence-corrected chi connectivity index (χ1v) is 16.9. The van der Waals surface area contributed by atoms with E-state index in [0.29, 0.717) is 19.8 Å². The van der Waals surface area contributed by atoms with Gasteiger partial charge in [-0.05, 0) is 49.1 Å². The van der Waals surface area contributed by atoms with Gasteiger partial charge >= 0.3 is 0 Å². The number of morpholine rings is 1. The van der Waals surface area contributed by atoms with E-state index in [1.165, 1.54) is 10.9 Å². The minimum atomic E-state index is 0.529. The molecule has 2 aromatic heterocycles. The average Bonchev–Trinajstić information content (AvgIpc) is 3.60. The number of benzene rings is 3. The maximum Gasteiger partial charge on any atom is 0.166 e. The first-order chi connectivity index (χ1) is 22.8. The van der Waals surface area contributed by atoms with Crippen molar-refractivity contribution in [1.29, 1.82) is 0 Å². The summed E-state index contributed by atoms with van der Waals surface area (Å²) in [5.41, 5.74) is 7.56. The van der Waals surface area contributed by atoms with Gasteiger partial charge in [0.05, 0.1) is 55.6 Å². The number of carbonyl (C=O) groups excluding carboxylic acids is 1. The van der Waals surface area contributed by atoms with Crippen LogP contribution in [0.15, 0.2) is 60.7 Å². The van der Waals surface area contributed by atoms with Gasteiger partial charge in [-0.25, -0.2) is 0 Å². The number of para-hydroxylation sites is 1. The quantitative estimate of drug-likeness (QED) is 0.128. The van der Waals surface area contributed by atoms with Crippen molar-refractivity contribution in [1.82, 2.24) is 19.2 Å². The zero-order chi connectivity index (χ0) is 31.3. The lowest BCUT2D eigenvalue weighted by molar-refractivity contribution is 0.0354. The molecular formula is C38H44N4O4. The fraction of sp³-hybridized carbons (Fsp3) is 0.421. The minimum absolute atomic E-state index is 0.529. The van der Waals surface area contributed by atoms with Gasteiger partial charge < -0.3 is 18.8 Å². The van der Waals surface area contributed by atoms with Crippen molar-refractivity contribution in [2.24, 2.45) is 0 Å². The van der Waals surface area contributed by atoms with E-state index < -0.39 is 0 Å². The molecule has 3 aromatic carbocycles. The van der Waals surface area contributed by atoms with E-state index >= 15 is 0 Å². The van der Waals surface area contributed by atoms with Crippen LogP contribution < -0.4 is 4.74 Å². The average molecular weight is 621 g/mol. The topological polar surface area (TPSA) is 70.8 Å². The van der Waals surface area contributed by atoms with Gasteiger partial charge in [0, 0.05) is 54.7 Å². The number of fused-ring (bicyclic) bond motifs is 3. The van der Waals surface area contributed by atoms with E-state index in [4.69, 9.17) is 19.3 Å². The second kappa shape index (κ2) is 14.2. The molecule has 0 bridgehead atoms. The van der Waals surface area contributed by atoms with Gasteiger partial charge in [0.1, 0.15) is 5.75 Å². The van der Waals surface area contributed by atoms with Crippen LogP contribution >= 0.6 is 0 Å². The van der Waals surface area contributed by atoms with Gasteiger partial charge in [-0.2, -0.15) is 5.10 Å². The molecule has 0 spiro atoms. The molecule has 1 saturated heterocycles. The van der Waals surface area contributed by atoms with Gasteiger partial charge in [0.2, 0.25) is 0 Å². The molecule has 2 aliphatic heterocycles. The summed E-state index contributed by atoms with van der Waals surface area (Å²) in [6, 6.07) is 21.0. The third-order valence-electron chi connectivity index (χ3n) is 9.55. The largest absolute Gasteiger partial charge is 0.493 e. The number of aldehydes is 1. The molecule has 0 N–H and O–H groups in total. The SMILES string of the molecule is CCc1nn(CCN2CCOCC2)c2c1-c1cccc3c(CCCOc4cccc5ccccc45)c(C=O)n(c13)CCCCOC2. The smallest absolute Gasteiger partial charge is 0.166 e. The van der Waals surface area contributed by atoms with Gasteiger partial charge in [-0.15, -0.1) is 0 Å². The van der Waals surface area contributed by atoms with Crippen molar-refractivity contribution >= 4 is 28.0 Å². The summed E-state index contributed by atoms with van der Waals surface area (Å²) < 4.78 is 22.6. The zero-order valence-electron chi connectivity index (χ0n) is 26.9. The van der Waals surface area contributed by atoms with Crippen LogP contribution in [0.4, 0.5) is 0 Å². The third-order valence-corrected chi connectivity index (χ3v) is 9.55. The van der Waals surface area contributed by atoms with E-state index in [2.05, 4.69) is 63.5 Å². The summed E-state index contributed by atoms with van der Waals surface area (Å²) in [5, 5.41) is 8.62. The normalized spacial score (nSPS) is 15.9. The van der Waals surface area contributed by atoms with E-state index in [1.54, 1.807) is 0 Å². The summed E-state index contributed by atoms with van der Waals surface area (Å²) in [6.45, 7) is 9.98. The van der Waals surface area contributed by atoms with E-state index in [0.717, 1.165) is 135 Å². The lowest BCUT2D eigenvalue weighted by Crippen LogP contribution is -2.38. The number of carbonyl (C=O) groups is 1. The fourth-order valence-corrected chi connectivity index (χ4v) is 7.23. The van der Waals surface area contributed by atoms with Gasteiger partial charge in [-0.1, -0.05) is 61.5 Å². The Morgan fingerprint density at radius 2 is 1.72 bits per heavy atom. The van der Waals surface area contributed by atoms with Crippen LogP contribution in [-0.2, 0) is 42.0 Å². The Morgan fingerprint density at radius 3 is 2.59 bits per heavy atom. The van der Waals surface area contributed by atoms with Crippen LogP contribution in [0.2, 0.25) is 0 Å². The summed E-state index contributed by atoms with van der Waals surface area (Å²) in [4.78, 5) is 15.3. The number of rotatable bonds is 10. The molecule has 0 unspecified atom stereocenters. The maximum absolute atomic E-state index is 12.8. The minimum Gasteiger partial charge on any atom is -0.493 e. The van der Waals surface area contributed by atoms with Crippen LogP contribution in [0.5, 0.6) is 5.75 Å². The first kappa shape index (κ1) is 30.7. The number of ether oxygens (including phenoxy) is 3. The predicted molar refractivity (Wildman–Crippen MR) is 182 cm³/mol. The van der Waals surface area contributed by atoms with Crippen molar-refractivity contribution in [3.8, 4) is 16.9 Å². The third kappa shape index (κ3) is 6.09. The molecule has 2 aliphatic rings. The van der Waals surface area contributed by atoms with E-state index in [1.807, 2.05) is 18.2 Å². The van der Waals surface area contributed by atoms with Crippen molar-refractivity contribution < 1.29 is 19.0 Å². The molecule has 8 nitrogen and oxygen atoms in total. The molecule has 240 valence electrons. The second-order valence-corrected chi connectivity index (χ2v) is 12.3. The van der Waals surface area contributed by atoms with Crippen LogP contribution in [0.25, 0.3) is 32.8 Å². The first-order valence-electron chi connectivity index (χ1n) is 16.9. The highest BCUT2D eigenvalue weighted by molar-refractivity contribution is 6.02. The molecule has 0 radical (unpaired) electrons. The highest BCUT2D eigenvalue weighted by atomic mass is 16.5. The molecule has 5 aromatic rings. The van der Waals surface area contributed by atoms with Crippen LogP contribution in [-0.4, -0.2) is 71.6 Å². The lowest BCUT2D eigenvalue weighted by Gasteiger charge is -2.26. The summed E-state index contributed by atoms with van der Waals surface area (Å²) in [7, 11) is 0. The number of aromatic nitrogens is 3. The number of aryl methyl sites for hydroxylation is 3. The Labute approximate surface area is 270 Å². The zero-order valence-corrected chi connectivity index (χ0v) is 26.9. The van der Waals surface area contributed by atoms with Crippen LogP contribution in [0.3, 0.4) is 0 Å². The summed E-state index contributed by atoms with van der Waals surface area (Å²) in [5.74, 6) is 0.903. The molecule has 0 aliphatic carbocycles. The Balaban J connectivity index is 1.23. The number of hydrogen-bond acceptors (Lipinski definition) is 6. The number of hydrogen-bond donors (Lipinski definition) is 0. The summed E-state index contributed by atoms with van der Waals surface area (Å²) in [6.07, 6.45) is 5.35. The van der Waals surface area contributed by atoms with Crippen LogP contribution in [0.1, 0.15) is 53.6 Å². The van der Waals surface area contributed by atoms with Crippen molar-refractivity contribution in [3.05, 3.63) is 83.3 Å². The number of nitrogens with zero attached hydrogens (tertiary/aromatic N) is 4. The Hall–Kier alpha value is -3.98. The maximum atomic E-state index is 12.8. The lowest BCUT2D eigenvalue weighted by atomic mass is 9.97. The molecule has 46 heavy (non-hydrogen) atoms. The highest BCUT2D eigenvalue weighted by Gasteiger charge is 2.26. The van der Waals surface area contributed by atoms with Crippen LogP contribution in [0, 0.1) is 0 Å². The molecule has 0 saturated carbocycles. The molecular weight excluding hydrogens is 576 g/mol. The van der Waals surface area contributed by atoms with Crippen molar-refractivity contribution in [3.63, 3.8) is 0 Å². The van der Waals surface area contributed by atoms with Crippen molar-refractivity contribution in [2.75, 3.05) is 46.1 Å². The second-order valence-electron chi connectivity index (χ2n) is 12.3. The van der Waals surface area contributed by atoms with Crippen molar-refractivity contribution in [2.45, 2.75) is 58.7 Å². The molecule has 0 amide bonds. The Bertz CT molecular complexity index is 1810. The summed E-state index contributed by atoms with van der Waals surface area (Å²) >= 11 is 0. The predicted octanol–water partition coefficient (Wildman–Crippen LogP) is 6.69. The standard InChI is InChI=1S/C38H44N4O4/c1-2-33-37-32-14-8-13-31-30(15-9-23-46-36-16-7-11-28-10-3-4-12-29(28)36)34(26-43)41(38(31)32)17-5-6-22-45-27-35(37)42(39-33)19-18-40-20-24-44-25-21-40/h3-4,7-8,10-14,16,26H,2,5-6,9,15,17-25,27H2,1H3. The van der Waals surface area contributed by atoms with Gasteiger partial charge in [0.25, 0.3) is 0 Å². The van der Waals surface area contributed by atoms with E-state index in [-0.39, 0.29) is 0 Å². The molecule has 0 atom stereocenters. The Morgan fingerprint density at radius 1 is 0.891 bits per heavy atom. The monoisotopic (exact) mass is 620 g/mol. The van der Waals surface area contributed by atoms with Gasteiger partial charge in [-0.3, -0.25) is 14.4 Å². The highest BCUT2D eigenvalue weighted by Crippen LogP contribution is 2.39. The molecule has 1 fully saturated rings. The van der Waals surface area contributed by atoms with E-state index in [9.17, 15) is 4.79 Å². The molecule has 7 rings (SSSR count). The molecule has 8 heteroatoms. The molecule has 4 heterocycles. The Kier molecular flexibility index (Phi) is 9.47.